The first kappa shape index (κ1) is 13.1. The Labute approximate surface area is 112 Å². The van der Waals surface area contributed by atoms with Crippen molar-refractivity contribution in [1.29, 1.82) is 0 Å². The highest BCUT2D eigenvalue weighted by Gasteiger charge is 2.08. The van der Waals surface area contributed by atoms with Crippen molar-refractivity contribution >= 4 is 11.6 Å². The number of aromatic nitrogens is 3. The SMILES string of the molecule is CN(C)C(=O)c1cccc(NCc2cn(C)nn2)c1. The molecule has 0 spiro atoms. The second-order valence-electron chi connectivity index (χ2n) is 4.52. The predicted octanol–water partition coefficient (Wildman–Crippen LogP) is 1.13. The molecule has 0 radical (unpaired) electrons. The molecule has 6 heteroatoms. The third-order valence-electron chi connectivity index (χ3n) is 2.64. The Kier molecular flexibility index (Phi) is 3.79. The summed E-state index contributed by atoms with van der Waals surface area (Å²) in [6, 6.07) is 7.41. The quantitative estimate of drug-likeness (QED) is 0.894. The van der Waals surface area contributed by atoms with E-state index in [1.165, 1.54) is 0 Å². The molecular formula is C13H17N5O. The minimum Gasteiger partial charge on any atom is -0.379 e. The van der Waals surface area contributed by atoms with Gasteiger partial charge >= 0.3 is 0 Å². The van der Waals surface area contributed by atoms with Crippen LogP contribution in [0.4, 0.5) is 5.69 Å². The van der Waals surface area contributed by atoms with Crippen LogP contribution in [0.1, 0.15) is 16.1 Å². The van der Waals surface area contributed by atoms with Gasteiger partial charge in [0, 0.05) is 38.6 Å². The first-order valence-corrected chi connectivity index (χ1v) is 5.97. The summed E-state index contributed by atoms with van der Waals surface area (Å²) in [7, 11) is 5.30. The highest BCUT2D eigenvalue weighted by atomic mass is 16.2. The number of rotatable bonds is 4. The van der Waals surface area contributed by atoms with Crippen LogP contribution in [0, 0.1) is 0 Å². The highest BCUT2D eigenvalue weighted by Crippen LogP contribution is 2.12. The van der Waals surface area contributed by atoms with Crippen LogP contribution < -0.4 is 5.32 Å². The predicted molar refractivity (Wildman–Crippen MR) is 72.8 cm³/mol. The van der Waals surface area contributed by atoms with Gasteiger partial charge in [0.15, 0.2) is 0 Å². The lowest BCUT2D eigenvalue weighted by molar-refractivity contribution is 0.0827. The zero-order valence-corrected chi connectivity index (χ0v) is 11.3. The molecule has 0 aliphatic heterocycles. The second kappa shape index (κ2) is 5.51. The Morgan fingerprint density at radius 1 is 1.42 bits per heavy atom. The molecule has 0 fully saturated rings. The fourth-order valence-electron chi connectivity index (χ4n) is 1.69. The summed E-state index contributed by atoms with van der Waals surface area (Å²) in [6.07, 6.45) is 1.85. The van der Waals surface area contributed by atoms with Crippen LogP contribution in [0.5, 0.6) is 0 Å². The van der Waals surface area contributed by atoms with Crippen molar-refractivity contribution in [2.45, 2.75) is 6.54 Å². The first-order valence-electron chi connectivity index (χ1n) is 5.97. The standard InChI is InChI=1S/C13H17N5O/c1-17(2)13(19)10-5-4-6-11(7-10)14-8-12-9-18(3)16-15-12/h4-7,9,14H,8H2,1-3H3. The number of carbonyl (C=O) groups is 1. The van der Waals surface area contributed by atoms with E-state index in [2.05, 4.69) is 15.6 Å². The molecule has 1 amide bonds. The number of hydrogen-bond donors (Lipinski definition) is 1. The van der Waals surface area contributed by atoms with E-state index >= 15 is 0 Å². The Morgan fingerprint density at radius 3 is 2.84 bits per heavy atom. The molecule has 6 nitrogen and oxygen atoms in total. The molecule has 0 bridgehead atoms. The molecule has 0 aliphatic carbocycles. The van der Waals surface area contributed by atoms with Crippen molar-refractivity contribution in [1.82, 2.24) is 19.9 Å². The van der Waals surface area contributed by atoms with Crippen LogP contribution in [0.15, 0.2) is 30.5 Å². The number of nitrogens with zero attached hydrogens (tertiary/aromatic N) is 4. The van der Waals surface area contributed by atoms with E-state index < -0.39 is 0 Å². The number of hydrogen-bond acceptors (Lipinski definition) is 4. The van der Waals surface area contributed by atoms with E-state index in [4.69, 9.17) is 0 Å². The lowest BCUT2D eigenvalue weighted by Gasteiger charge is -2.11. The van der Waals surface area contributed by atoms with E-state index in [9.17, 15) is 4.79 Å². The van der Waals surface area contributed by atoms with Gasteiger partial charge in [-0.05, 0) is 18.2 Å². The molecule has 1 heterocycles. The van der Waals surface area contributed by atoms with Crippen molar-refractivity contribution in [3.8, 4) is 0 Å². The summed E-state index contributed by atoms with van der Waals surface area (Å²) >= 11 is 0. The van der Waals surface area contributed by atoms with Crippen LogP contribution in [0.3, 0.4) is 0 Å². The average molecular weight is 259 g/mol. The maximum absolute atomic E-state index is 11.8. The van der Waals surface area contributed by atoms with Crippen LogP contribution in [0.2, 0.25) is 0 Å². The second-order valence-corrected chi connectivity index (χ2v) is 4.52. The van der Waals surface area contributed by atoms with Gasteiger partial charge in [-0.15, -0.1) is 5.10 Å². The zero-order chi connectivity index (χ0) is 13.8. The molecule has 2 rings (SSSR count). The van der Waals surface area contributed by atoms with Gasteiger partial charge in [-0.25, -0.2) is 0 Å². The van der Waals surface area contributed by atoms with E-state index in [-0.39, 0.29) is 5.91 Å². The van der Waals surface area contributed by atoms with Gasteiger partial charge in [-0.1, -0.05) is 11.3 Å². The maximum Gasteiger partial charge on any atom is 0.253 e. The Morgan fingerprint density at radius 2 is 2.21 bits per heavy atom. The topological polar surface area (TPSA) is 63.1 Å². The van der Waals surface area contributed by atoms with E-state index in [0.29, 0.717) is 12.1 Å². The van der Waals surface area contributed by atoms with Crippen LogP contribution >= 0.6 is 0 Å². The van der Waals surface area contributed by atoms with Crippen LogP contribution in [-0.2, 0) is 13.6 Å². The lowest BCUT2D eigenvalue weighted by Crippen LogP contribution is -2.21. The fourth-order valence-corrected chi connectivity index (χ4v) is 1.69. The molecule has 0 aliphatic rings. The zero-order valence-electron chi connectivity index (χ0n) is 11.3. The average Bonchev–Trinajstić information content (AvgIpc) is 2.81. The van der Waals surface area contributed by atoms with Crippen molar-refractivity contribution in [3.05, 3.63) is 41.7 Å². The largest absolute Gasteiger partial charge is 0.379 e. The van der Waals surface area contributed by atoms with E-state index in [1.54, 1.807) is 29.7 Å². The minimum absolute atomic E-state index is 0.0110. The van der Waals surface area contributed by atoms with Gasteiger partial charge in [0.1, 0.15) is 5.69 Å². The molecule has 19 heavy (non-hydrogen) atoms. The van der Waals surface area contributed by atoms with Gasteiger partial charge in [-0.3, -0.25) is 9.48 Å². The Hall–Kier alpha value is -2.37. The summed E-state index contributed by atoms with van der Waals surface area (Å²) in [5.74, 6) is -0.0110. The third-order valence-corrected chi connectivity index (χ3v) is 2.64. The molecule has 1 aromatic heterocycles. The third kappa shape index (κ3) is 3.31. The molecule has 0 saturated heterocycles. The molecule has 2 aromatic rings. The van der Waals surface area contributed by atoms with E-state index in [0.717, 1.165) is 11.4 Å². The fraction of sp³-hybridized carbons (Fsp3) is 0.308. The molecular weight excluding hydrogens is 242 g/mol. The summed E-state index contributed by atoms with van der Waals surface area (Å²) in [5, 5.41) is 11.1. The molecule has 1 aromatic carbocycles. The summed E-state index contributed by atoms with van der Waals surface area (Å²) in [4.78, 5) is 13.4. The molecule has 0 saturated carbocycles. The molecule has 0 unspecified atom stereocenters. The summed E-state index contributed by atoms with van der Waals surface area (Å²) < 4.78 is 1.66. The molecule has 1 N–H and O–H groups in total. The smallest absolute Gasteiger partial charge is 0.253 e. The van der Waals surface area contributed by atoms with Crippen molar-refractivity contribution in [3.63, 3.8) is 0 Å². The number of benzene rings is 1. The Bertz CT molecular complexity index is 576. The number of carbonyl (C=O) groups excluding carboxylic acids is 1. The minimum atomic E-state index is -0.0110. The van der Waals surface area contributed by atoms with E-state index in [1.807, 2.05) is 31.4 Å². The highest BCUT2D eigenvalue weighted by molar-refractivity contribution is 5.94. The van der Waals surface area contributed by atoms with Gasteiger partial charge in [-0.2, -0.15) is 0 Å². The van der Waals surface area contributed by atoms with Gasteiger partial charge in [0.2, 0.25) is 0 Å². The van der Waals surface area contributed by atoms with Crippen LogP contribution in [-0.4, -0.2) is 39.9 Å². The normalized spacial score (nSPS) is 10.3. The maximum atomic E-state index is 11.8. The van der Waals surface area contributed by atoms with Crippen molar-refractivity contribution < 1.29 is 4.79 Å². The number of anilines is 1. The van der Waals surface area contributed by atoms with Crippen molar-refractivity contribution in [2.24, 2.45) is 7.05 Å². The number of amides is 1. The summed E-state index contributed by atoms with van der Waals surface area (Å²) in [6.45, 7) is 0.577. The van der Waals surface area contributed by atoms with Gasteiger partial charge < -0.3 is 10.2 Å². The first-order chi connectivity index (χ1) is 9.06. The van der Waals surface area contributed by atoms with Gasteiger partial charge in [0.05, 0.1) is 6.54 Å². The van der Waals surface area contributed by atoms with Crippen molar-refractivity contribution in [2.75, 3.05) is 19.4 Å². The Balaban J connectivity index is 2.05. The number of nitrogens with one attached hydrogen (secondary N) is 1. The summed E-state index contributed by atoms with van der Waals surface area (Å²) in [5.41, 5.74) is 2.40. The monoisotopic (exact) mass is 259 g/mol. The number of aryl methyl sites for hydroxylation is 1. The van der Waals surface area contributed by atoms with Gasteiger partial charge in [0.25, 0.3) is 5.91 Å². The molecule has 0 atom stereocenters. The lowest BCUT2D eigenvalue weighted by atomic mass is 10.2. The van der Waals surface area contributed by atoms with Crippen LogP contribution in [0.25, 0.3) is 0 Å². The molecule has 100 valence electrons.